The van der Waals surface area contributed by atoms with Crippen molar-refractivity contribution >= 4 is 17.3 Å². The van der Waals surface area contributed by atoms with E-state index in [1.54, 1.807) is 18.5 Å². The van der Waals surface area contributed by atoms with E-state index in [1.807, 2.05) is 30.3 Å². The summed E-state index contributed by atoms with van der Waals surface area (Å²) in [6.07, 6.45) is 3.30. The number of benzene rings is 1. The van der Waals surface area contributed by atoms with Crippen molar-refractivity contribution in [3.05, 3.63) is 70.3 Å². The predicted octanol–water partition coefficient (Wildman–Crippen LogP) is 3.02. The SMILES string of the molecule is O=c1[nH]ccn1-c1ccc(NCc2ccc(Cl)o2)cc1. The van der Waals surface area contributed by atoms with Gasteiger partial charge in [-0.15, -0.1) is 0 Å². The van der Waals surface area contributed by atoms with Crippen LogP contribution in [0, 0.1) is 0 Å². The highest BCUT2D eigenvalue weighted by Gasteiger charge is 2.02. The summed E-state index contributed by atoms with van der Waals surface area (Å²) in [5, 5.41) is 3.59. The molecule has 0 aliphatic rings. The molecular weight excluding hydrogens is 278 g/mol. The first kappa shape index (κ1) is 12.6. The molecule has 102 valence electrons. The molecule has 0 bridgehead atoms. The first-order valence-electron chi connectivity index (χ1n) is 6.07. The number of anilines is 1. The fourth-order valence-electron chi connectivity index (χ4n) is 1.90. The molecule has 0 unspecified atom stereocenters. The lowest BCUT2D eigenvalue weighted by molar-refractivity contribution is 0.520. The monoisotopic (exact) mass is 289 g/mol. The summed E-state index contributed by atoms with van der Waals surface area (Å²) >= 11 is 5.71. The molecule has 6 heteroatoms. The molecule has 3 rings (SSSR count). The number of furan rings is 1. The van der Waals surface area contributed by atoms with Gasteiger partial charge in [-0.2, -0.15) is 0 Å². The number of nitrogens with zero attached hydrogens (tertiary/aromatic N) is 1. The Hall–Kier alpha value is -2.40. The van der Waals surface area contributed by atoms with Crippen molar-refractivity contribution < 1.29 is 4.42 Å². The lowest BCUT2D eigenvalue weighted by Gasteiger charge is -2.06. The first-order valence-corrected chi connectivity index (χ1v) is 6.45. The van der Waals surface area contributed by atoms with Gasteiger partial charge in [-0.05, 0) is 48.0 Å². The number of H-pyrrole nitrogens is 1. The van der Waals surface area contributed by atoms with Crippen LogP contribution in [0.4, 0.5) is 5.69 Å². The Balaban J connectivity index is 1.70. The molecule has 0 amide bonds. The minimum absolute atomic E-state index is 0.157. The molecule has 2 heterocycles. The summed E-state index contributed by atoms with van der Waals surface area (Å²) in [6, 6.07) is 11.1. The third kappa shape index (κ3) is 2.62. The third-order valence-electron chi connectivity index (χ3n) is 2.89. The maximum absolute atomic E-state index is 11.5. The molecule has 0 atom stereocenters. The molecule has 0 spiro atoms. The zero-order valence-corrected chi connectivity index (χ0v) is 11.2. The Bertz CT molecular complexity index is 755. The minimum atomic E-state index is -0.157. The van der Waals surface area contributed by atoms with Crippen molar-refractivity contribution in [3.63, 3.8) is 0 Å². The van der Waals surface area contributed by atoms with Crippen molar-refractivity contribution in [1.29, 1.82) is 0 Å². The number of rotatable bonds is 4. The first-order chi connectivity index (χ1) is 9.72. The number of nitrogens with one attached hydrogen (secondary N) is 2. The Morgan fingerprint density at radius 1 is 1.20 bits per heavy atom. The van der Waals surface area contributed by atoms with Gasteiger partial charge < -0.3 is 14.7 Å². The second kappa shape index (κ2) is 5.30. The van der Waals surface area contributed by atoms with Crippen molar-refractivity contribution in [2.45, 2.75) is 6.54 Å². The molecule has 0 aliphatic heterocycles. The number of imidazole rings is 1. The van der Waals surface area contributed by atoms with Gasteiger partial charge in [0.05, 0.1) is 12.2 Å². The predicted molar refractivity (Wildman–Crippen MR) is 77.4 cm³/mol. The molecule has 5 nitrogen and oxygen atoms in total. The number of hydrogen-bond donors (Lipinski definition) is 2. The van der Waals surface area contributed by atoms with E-state index in [0.29, 0.717) is 11.8 Å². The molecule has 0 radical (unpaired) electrons. The summed E-state index contributed by atoms with van der Waals surface area (Å²) < 4.78 is 6.79. The number of hydrogen-bond acceptors (Lipinski definition) is 3. The van der Waals surface area contributed by atoms with E-state index in [2.05, 4.69) is 10.3 Å². The van der Waals surface area contributed by atoms with Crippen LogP contribution in [0.3, 0.4) is 0 Å². The van der Waals surface area contributed by atoms with E-state index >= 15 is 0 Å². The van der Waals surface area contributed by atoms with Crippen molar-refractivity contribution in [3.8, 4) is 5.69 Å². The lowest BCUT2D eigenvalue weighted by atomic mass is 10.2. The average Bonchev–Trinajstić information content (AvgIpc) is 3.06. The number of aromatic amines is 1. The minimum Gasteiger partial charge on any atom is -0.448 e. The fraction of sp³-hybridized carbons (Fsp3) is 0.0714. The van der Waals surface area contributed by atoms with Gasteiger partial charge in [0.1, 0.15) is 5.76 Å². The number of halogens is 1. The molecule has 0 saturated carbocycles. The summed E-state index contributed by atoms with van der Waals surface area (Å²) in [5.41, 5.74) is 1.59. The average molecular weight is 290 g/mol. The largest absolute Gasteiger partial charge is 0.448 e. The van der Waals surface area contributed by atoms with Gasteiger partial charge >= 0.3 is 5.69 Å². The Morgan fingerprint density at radius 3 is 2.60 bits per heavy atom. The molecular formula is C14H12ClN3O2. The second-order valence-corrected chi connectivity index (χ2v) is 4.61. The van der Waals surface area contributed by atoms with Gasteiger partial charge in [-0.25, -0.2) is 4.79 Å². The van der Waals surface area contributed by atoms with Crippen LogP contribution in [0.1, 0.15) is 5.76 Å². The Morgan fingerprint density at radius 2 is 2.00 bits per heavy atom. The summed E-state index contributed by atoms with van der Waals surface area (Å²) in [4.78, 5) is 14.1. The Labute approximate surface area is 119 Å². The maximum Gasteiger partial charge on any atom is 0.330 e. The van der Waals surface area contributed by atoms with Crippen LogP contribution in [0.2, 0.25) is 5.22 Å². The lowest BCUT2D eigenvalue weighted by Crippen LogP contribution is -2.13. The fourth-order valence-corrected chi connectivity index (χ4v) is 2.06. The summed E-state index contributed by atoms with van der Waals surface area (Å²) in [5.74, 6) is 0.765. The number of aromatic nitrogens is 2. The normalized spacial score (nSPS) is 10.7. The van der Waals surface area contributed by atoms with Crippen LogP contribution in [0.15, 0.2) is 58.0 Å². The highest BCUT2D eigenvalue weighted by Crippen LogP contribution is 2.16. The van der Waals surface area contributed by atoms with Gasteiger partial charge in [0, 0.05) is 18.1 Å². The standard InChI is InChI=1S/C14H12ClN3O2/c15-13-6-5-12(20-13)9-17-10-1-3-11(4-2-10)18-8-7-16-14(18)19/h1-8,17H,9H2,(H,16,19). The molecule has 0 saturated heterocycles. The van der Waals surface area contributed by atoms with Crippen molar-refractivity contribution in [1.82, 2.24) is 9.55 Å². The van der Waals surface area contributed by atoms with E-state index in [4.69, 9.17) is 16.0 Å². The Kier molecular flexibility index (Phi) is 3.35. The van der Waals surface area contributed by atoms with Crippen LogP contribution < -0.4 is 11.0 Å². The van der Waals surface area contributed by atoms with Crippen LogP contribution in [-0.2, 0) is 6.54 Å². The molecule has 0 fully saturated rings. The molecule has 2 aromatic heterocycles. The molecule has 3 aromatic rings. The summed E-state index contributed by atoms with van der Waals surface area (Å²) in [7, 11) is 0. The van der Waals surface area contributed by atoms with Gasteiger partial charge in [0.15, 0.2) is 5.22 Å². The maximum atomic E-state index is 11.5. The van der Waals surface area contributed by atoms with E-state index in [1.165, 1.54) is 4.57 Å². The van der Waals surface area contributed by atoms with Crippen LogP contribution in [0.5, 0.6) is 0 Å². The van der Waals surface area contributed by atoms with Gasteiger partial charge in [-0.3, -0.25) is 4.57 Å². The van der Waals surface area contributed by atoms with E-state index < -0.39 is 0 Å². The topological polar surface area (TPSA) is 63.0 Å². The zero-order valence-electron chi connectivity index (χ0n) is 10.5. The second-order valence-electron chi connectivity index (χ2n) is 4.24. The highest BCUT2D eigenvalue weighted by atomic mass is 35.5. The van der Waals surface area contributed by atoms with Crippen LogP contribution in [-0.4, -0.2) is 9.55 Å². The van der Waals surface area contributed by atoms with E-state index in [9.17, 15) is 4.79 Å². The van der Waals surface area contributed by atoms with Gasteiger partial charge in [-0.1, -0.05) is 0 Å². The molecule has 2 N–H and O–H groups in total. The van der Waals surface area contributed by atoms with E-state index in [0.717, 1.165) is 17.1 Å². The highest BCUT2D eigenvalue weighted by molar-refractivity contribution is 6.28. The van der Waals surface area contributed by atoms with Crippen LogP contribution >= 0.6 is 11.6 Å². The molecule has 1 aromatic carbocycles. The van der Waals surface area contributed by atoms with Crippen molar-refractivity contribution in [2.24, 2.45) is 0 Å². The molecule has 0 aliphatic carbocycles. The van der Waals surface area contributed by atoms with Gasteiger partial charge in [0.2, 0.25) is 0 Å². The van der Waals surface area contributed by atoms with Crippen LogP contribution in [0.25, 0.3) is 5.69 Å². The smallest absolute Gasteiger partial charge is 0.330 e. The van der Waals surface area contributed by atoms with Gasteiger partial charge in [0.25, 0.3) is 0 Å². The van der Waals surface area contributed by atoms with E-state index in [-0.39, 0.29) is 5.69 Å². The molecule has 20 heavy (non-hydrogen) atoms. The third-order valence-corrected chi connectivity index (χ3v) is 3.09. The summed E-state index contributed by atoms with van der Waals surface area (Å²) in [6.45, 7) is 0.552. The van der Waals surface area contributed by atoms with Crippen molar-refractivity contribution in [2.75, 3.05) is 5.32 Å². The zero-order chi connectivity index (χ0) is 13.9. The quantitative estimate of drug-likeness (QED) is 0.776.